The predicted octanol–water partition coefficient (Wildman–Crippen LogP) is 4.44. The van der Waals surface area contributed by atoms with Gasteiger partial charge in [-0.05, 0) is 52.4 Å². The molecule has 1 heterocycles. The molecule has 1 aliphatic heterocycles. The van der Waals surface area contributed by atoms with E-state index in [1.165, 1.54) is 0 Å². The Balaban J connectivity index is 2.12. The fourth-order valence-electron chi connectivity index (χ4n) is 2.06. The van der Waals surface area contributed by atoms with E-state index in [1.54, 1.807) is 12.1 Å². The quantitative estimate of drug-likeness (QED) is 0.574. The van der Waals surface area contributed by atoms with E-state index in [1.807, 2.05) is 36.4 Å². The summed E-state index contributed by atoms with van der Waals surface area (Å²) in [4.78, 5) is 12.0. The lowest BCUT2D eigenvalue weighted by atomic mass is 10.0. The lowest BCUT2D eigenvalue weighted by Gasteiger charge is -2.01. The van der Waals surface area contributed by atoms with Crippen molar-refractivity contribution in [3.05, 3.63) is 62.2 Å². The van der Waals surface area contributed by atoms with Crippen LogP contribution in [0.15, 0.2) is 42.5 Å². The van der Waals surface area contributed by atoms with Gasteiger partial charge in [-0.3, -0.25) is 4.79 Å². The van der Waals surface area contributed by atoms with E-state index >= 15 is 0 Å². The maximum Gasteiger partial charge on any atom is 0.256 e. The molecule has 1 aliphatic rings. The van der Waals surface area contributed by atoms with E-state index in [2.05, 4.69) is 27.9 Å². The summed E-state index contributed by atoms with van der Waals surface area (Å²) >= 11 is 8.19. The molecule has 0 spiro atoms. The van der Waals surface area contributed by atoms with Gasteiger partial charge >= 0.3 is 0 Å². The number of benzene rings is 2. The highest BCUT2D eigenvalue weighted by Crippen LogP contribution is 2.35. The van der Waals surface area contributed by atoms with Crippen LogP contribution in [0.3, 0.4) is 0 Å². The van der Waals surface area contributed by atoms with Gasteiger partial charge in [0.2, 0.25) is 0 Å². The molecule has 0 saturated carbocycles. The van der Waals surface area contributed by atoms with Crippen molar-refractivity contribution in [3.63, 3.8) is 0 Å². The fourth-order valence-corrected chi connectivity index (χ4v) is 2.77. The van der Waals surface area contributed by atoms with Gasteiger partial charge < -0.3 is 5.32 Å². The van der Waals surface area contributed by atoms with E-state index < -0.39 is 0 Å². The molecule has 0 radical (unpaired) electrons. The SMILES string of the molecule is O=C1Nc2cc(Cl)ccc2C1=Cc1ccccc1I. The first kappa shape index (κ1) is 12.7. The van der Waals surface area contributed by atoms with Gasteiger partial charge in [0.1, 0.15) is 0 Å². The van der Waals surface area contributed by atoms with Crippen LogP contribution in [0.4, 0.5) is 5.69 Å². The number of carbonyl (C=O) groups is 1. The highest BCUT2D eigenvalue weighted by atomic mass is 127. The van der Waals surface area contributed by atoms with Crippen LogP contribution in [0.25, 0.3) is 11.6 Å². The molecule has 0 unspecified atom stereocenters. The molecule has 0 saturated heterocycles. The number of amides is 1. The summed E-state index contributed by atoms with van der Waals surface area (Å²) in [6.45, 7) is 0. The molecule has 0 fully saturated rings. The molecule has 2 aromatic rings. The zero-order valence-corrected chi connectivity index (χ0v) is 12.7. The third-order valence-electron chi connectivity index (χ3n) is 2.97. The van der Waals surface area contributed by atoms with Crippen LogP contribution >= 0.6 is 34.2 Å². The van der Waals surface area contributed by atoms with Crippen LogP contribution in [0.1, 0.15) is 11.1 Å². The smallest absolute Gasteiger partial charge is 0.256 e. The lowest BCUT2D eigenvalue weighted by Crippen LogP contribution is -2.03. The maximum atomic E-state index is 12.0. The Labute approximate surface area is 129 Å². The average molecular weight is 382 g/mol. The van der Waals surface area contributed by atoms with Crippen LogP contribution in [-0.4, -0.2) is 5.91 Å². The van der Waals surface area contributed by atoms with Gasteiger partial charge in [0.25, 0.3) is 5.91 Å². The predicted molar refractivity (Wildman–Crippen MR) is 87.1 cm³/mol. The molecule has 3 rings (SSSR count). The zero-order valence-electron chi connectivity index (χ0n) is 9.78. The van der Waals surface area contributed by atoms with Crippen molar-refractivity contribution in [2.45, 2.75) is 0 Å². The van der Waals surface area contributed by atoms with Gasteiger partial charge in [-0.1, -0.05) is 35.9 Å². The van der Waals surface area contributed by atoms with Gasteiger partial charge in [0, 0.05) is 19.7 Å². The average Bonchev–Trinajstić information content (AvgIpc) is 2.68. The Bertz CT molecular complexity index is 709. The standard InChI is InChI=1S/C15H9ClINO/c16-10-5-6-11-12(15(19)18-14(11)8-10)7-9-3-1-2-4-13(9)17/h1-8H,(H,18,19). The summed E-state index contributed by atoms with van der Waals surface area (Å²) in [5.41, 5.74) is 3.38. The molecule has 2 nitrogen and oxygen atoms in total. The molecule has 1 amide bonds. The summed E-state index contributed by atoms with van der Waals surface area (Å²) in [6, 6.07) is 13.4. The first-order chi connectivity index (χ1) is 9.15. The summed E-state index contributed by atoms with van der Waals surface area (Å²) in [5, 5.41) is 3.45. The van der Waals surface area contributed by atoms with E-state index in [4.69, 9.17) is 11.6 Å². The van der Waals surface area contributed by atoms with Crippen molar-refractivity contribution >= 4 is 57.4 Å². The molecular weight excluding hydrogens is 373 g/mol. The minimum Gasteiger partial charge on any atom is -0.321 e. The van der Waals surface area contributed by atoms with Gasteiger partial charge in [-0.2, -0.15) is 0 Å². The van der Waals surface area contributed by atoms with Crippen LogP contribution in [0.5, 0.6) is 0 Å². The Morgan fingerprint density at radius 1 is 1.16 bits per heavy atom. The number of hydrogen-bond acceptors (Lipinski definition) is 1. The molecule has 0 bridgehead atoms. The second-order valence-corrected chi connectivity index (χ2v) is 5.82. The van der Waals surface area contributed by atoms with Crippen LogP contribution in [0, 0.1) is 3.57 Å². The number of carbonyl (C=O) groups excluding carboxylic acids is 1. The second-order valence-electron chi connectivity index (χ2n) is 4.22. The lowest BCUT2D eigenvalue weighted by molar-refractivity contribution is -0.110. The minimum absolute atomic E-state index is 0.0862. The number of hydrogen-bond donors (Lipinski definition) is 1. The minimum atomic E-state index is -0.0862. The van der Waals surface area contributed by atoms with E-state index in [0.29, 0.717) is 10.6 Å². The fraction of sp³-hybridized carbons (Fsp3) is 0. The van der Waals surface area contributed by atoms with Crippen LogP contribution in [-0.2, 0) is 4.79 Å². The molecular formula is C15H9ClINO. The van der Waals surface area contributed by atoms with Crippen molar-refractivity contribution < 1.29 is 4.79 Å². The maximum absolute atomic E-state index is 12.0. The third kappa shape index (κ3) is 2.40. The Morgan fingerprint density at radius 3 is 2.74 bits per heavy atom. The van der Waals surface area contributed by atoms with E-state index in [9.17, 15) is 4.79 Å². The molecule has 0 aliphatic carbocycles. The number of rotatable bonds is 1. The van der Waals surface area contributed by atoms with Gasteiger partial charge in [0.05, 0.1) is 5.69 Å². The largest absolute Gasteiger partial charge is 0.321 e. The van der Waals surface area contributed by atoms with Crippen molar-refractivity contribution in [2.75, 3.05) is 5.32 Å². The summed E-state index contributed by atoms with van der Waals surface area (Å²) in [5.74, 6) is -0.0862. The van der Waals surface area contributed by atoms with Crippen LogP contribution < -0.4 is 5.32 Å². The Hall–Kier alpha value is -1.33. The zero-order chi connectivity index (χ0) is 13.4. The van der Waals surface area contributed by atoms with E-state index in [0.717, 1.165) is 20.4 Å². The summed E-state index contributed by atoms with van der Waals surface area (Å²) in [7, 11) is 0. The van der Waals surface area contributed by atoms with Gasteiger partial charge in [-0.15, -0.1) is 0 Å². The Kier molecular flexibility index (Phi) is 3.33. The number of nitrogens with one attached hydrogen (secondary N) is 1. The van der Waals surface area contributed by atoms with Gasteiger partial charge in [-0.25, -0.2) is 0 Å². The number of anilines is 1. The molecule has 0 atom stereocenters. The molecule has 94 valence electrons. The topological polar surface area (TPSA) is 29.1 Å². The number of fused-ring (bicyclic) bond motifs is 1. The first-order valence-electron chi connectivity index (χ1n) is 5.72. The number of halogens is 2. The van der Waals surface area contributed by atoms with Gasteiger partial charge in [0.15, 0.2) is 0 Å². The molecule has 0 aromatic heterocycles. The molecule has 4 heteroatoms. The second kappa shape index (κ2) is 4.98. The summed E-state index contributed by atoms with van der Waals surface area (Å²) < 4.78 is 1.11. The van der Waals surface area contributed by atoms with Crippen molar-refractivity contribution in [1.82, 2.24) is 0 Å². The highest BCUT2D eigenvalue weighted by Gasteiger charge is 2.24. The van der Waals surface area contributed by atoms with Crippen LogP contribution in [0.2, 0.25) is 5.02 Å². The molecule has 19 heavy (non-hydrogen) atoms. The van der Waals surface area contributed by atoms with Crippen molar-refractivity contribution in [2.24, 2.45) is 0 Å². The normalized spacial score (nSPS) is 15.5. The third-order valence-corrected chi connectivity index (χ3v) is 4.19. The molecule has 2 aromatic carbocycles. The van der Waals surface area contributed by atoms with Crippen molar-refractivity contribution in [1.29, 1.82) is 0 Å². The van der Waals surface area contributed by atoms with Crippen molar-refractivity contribution in [3.8, 4) is 0 Å². The highest BCUT2D eigenvalue weighted by molar-refractivity contribution is 14.1. The van der Waals surface area contributed by atoms with E-state index in [-0.39, 0.29) is 5.91 Å². The Morgan fingerprint density at radius 2 is 1.95 bits per heavy atom. The summed E-state index contributed by atoms with van der Waals surface area (Å²) in [6.07, 6.45) is 1.91. The monoisotopic (exact) mass is 381 g/mol. The molecule has 1 N–H and O–H groups in total. The first-order valence-corrected chi connectivity index (χ1v) is 7.18.